The van der Waals surface area contributed by atoms with Gasteiger partial charge in [-0.2, -0.15) is 0 Å². The smallest absolute Gasteiger partial charge is 0.0953 e. The highest BCUT2D eigenvalue weighted by Crippen LogP contribution is 2.20. The van der Waals surface area contributed by atoms with E-state index in [-0.39, 0.29) is 5.54 Å². The molecule has 1 aliphatic heterocycles. The number of hydrogen-bond acceptors (Lipinski definition) is 3. The predicted octanol–water partition coefficient (Wildman–Crippen LogP) is 0.566. The molecule has 0 radical (unpaired) electrons. The Kier molecular flexibility index (Phi) is 2.12. The van der Waals surface area contributed by atoms with Crippen molar-refractivity contribution in [3.05, 3.63) is 17.7 Å². The van der Waals surface area contributed by atoms with Crippen molar-refractivity contribution < 1.29 is 0 Å². The third kappa shape index (κ3) is 1.81. The Balaban J connectivity index is 2.21. The molecule has 2 heterocycles. The van der Waals surface area contributed by atoms with E-state index >= 15 is 0 Å². The van der Waals surface area contributed by atoms with Gasteiger partial charge in [-0.3, -0.25) is 4.90 Å². The molecule has 0 amide bonds. The lowest BCUT2D eigenvalue weighted by Gasteiger charge is -2.20. The summed E-state index contributed by atoms with van der Waals surface area (Å²) in [4.78, 5) is 6.66. The average molecular weight is 194 g/mol. The number of nitrogens with zero attached hydrogens (tertiary/aromatic N) is 3. The van der Waals surface area contributed by atoms with Gasteiger partial charge in [-0.1, -0.05) is 0 Å². The molecule has 0 saturated carbocycles. The molecule has 1 aromatic rings. The topological polar surface area (TPSA) is 47.1 Å². The van der Waals surface area contributed by atoms with Crippen LogP contribution in [0, 0.1) is 0 Å². The molecule has 1 aromatic heterocycles. The lowest BCUT2D eigenvalue weighted by Crippen LogP contribution is -2.37. The summed E-state index contributed by atoms with van der Waals surface area (Å²) in [5.41, 5.74) is 8.35. The number of nitrogens with two attached hydrogens (primary N) is 1. The molecule has 0 aromatic carbocycles. The summed E-state index contributed by atoms with van der Waals surface area (Å²) >= 11 is 0. The first-order chi connectivity index (χ1) is 6.46. The lowest BCUT2D eigenvalue weighted by atomic mass is 10.1. The van der Waals surface area contributed by atoms with E-state index in [4.69, 9.17) is 5.73 Å². The van der Waals surface area contributed by atoms with Crippen LogP contribution in [-0.2, 0) is 19.6 Å². The SMILES string of the molecule is CN1Cc2ncn(CC(C)(C)N)c2C1. The van der Waals surface area contributed by atoms with E-state index in [9.17, 15) is 0 Å². The molecule has 14 heavy (non-hydrogen) atoms. The van der Waals surface area contributed by atoms with Crippen molar-refractivity contribution in [1.82, 2.24) is 14.5 Å². The van der Waals surface area contributed by atoms with E-state index in [1.54, 1.807) is 0 Å². The maximum atomic E-state index is 5.99. The molecular formula is C10H18N4. The first kappa shape index (κ1) is 9.68. The third-order valence-electron chi connectivity index (χ3n) is 2.45. The fraction of sp³-hybridized carbons (Fsp3) is 0.700. The molecule has 0 saturated heterocycles. The van der Waals surface area contributed by atoms with E-state index in [1.807, 2.05) is 20.2 Å². The van der Waals surface area contributed by atoms with Crippen LogP contribution >= 0.6 is 0 Å². The molecular weight excluding hydrogens is 176 g/mol. The number of fused-ring (bicyclic) bond motifs is 1. The highest BCUT2D eigenvalue weighted by Gasteiger charge is 2.23. The Morgan fingerprint density at radius 3 is 2.86 bits per heavy atom. The molecule has 0 atom stereocenters. The molecule has 78 valence electrons. The van der Waals surface area contributed by atoms with Gasteiger partial charge in [0.05, 0.1) is 17.7 Å². The summed E-state index contributed by atoms with van der Waals surface area (Å²) in [6.07, 6.45) is 1.91. The Hall–Kier alpha value is -0.870. The molecule has 4 nitrogen and oxygen atoms in total. The summed E-state index contributed by atoms with van der Waals surface area (Å²) in [6.45, 7) is 6.87. The van der Waals surface area contributed by atoms with Crippen LogP contribution in [0.1, 0.15) is 25.2 Å². The second kappa shape index (κ2) is 3.07. The molecule has 0 bridgehead atoms. The minimum Gasteiger partial charge on any atom is -0.331 e. The second-order valence-electron chi connectivity index (χ2n) is 4.93. The average Bonchev–Trinajstić information content (AvgIpc) is 2.49. The number of rotatable bonds is 2. The third-order valence-corrected chi connectivity index (χ3v) is 2.45. The van der Waals surface area contributed by atoms with Gasteiger partial charge < -0.3 is 10.3 Å². The van der Waals surface area contributed by atoms with Crippen LogP contribution in [0.2, 0.25) is 0 Å². The monoisotopic (exact) mass is 194 g/mol. The summed E-state index contributed by atoms with van der Waals surface area (Å²) < 4.78 is 2.18. The maximum absolute atomic E-state index is 5.99. The van der Waals surface area contributed by atoms with Gasteiger partial charge >= 0.3 is 0 Å². The summed E-state index contributed by atoms with van der Waals surface area (Å²) in [7, 11) is 2.11. The molecule has 2 N–H and O–H groups in total. The summed E-state index contributed by atoms with van der Waals surface area (Å²) in [5.74, 6) is 0. The maximum Gasteiger partial charge on any atom is 0.0953 e. The zero-order valence-electron chi connectivity index (χ0n) is 9.12. The van der Waals surface area contributed by atoms with Crippen LogP contribution in [-0.4, -0.2) is 27.0 Å². The van der Waals surface area contributed by atoms with Crippen molar-refractivity contribution in [2.24, 2.45) is 5.73 Å². The molecule has 0 unspecified atom stereocenters. The minimum absolute atomic E-state index is 0.171. The highest BCUT2D eigenvalue weighted by atomic mass is 15.2. The van der Waals surface area contributed by atoms with Crippen molar-refractivity contribution in [3.63, 3.8) is 0 Å². The number of imidazole rings is 1. The van der Waals surface area contributed by atoms with Crippen molar-refractivity contribution in [2.45, 2.75) is 39.0 Å². The fourth-order valence-corrected chi connectivity index (χ4v) is 1.91. The van der Waals surface area contributed by atoms with Gasteiger partial charge in [-0.15, -0.1) is 0 Å². The fourth-order valence-electron chi connectivity index (χ4n) is 1.91. The normalized spacial score (nSPS) is 17.4. The first-order valence-electron chi connectivity index (χ1n) is 4.96. The van der Waals surface area contributed by atoms with Crippen LogP contribution in [0.15, 0.2) is 6.33 Å². The van der Waals surface area contributed by atoms with E-state index in [0.29, 0.717) is 0 Å². The van der Waals surface area contributed by atoms with Gasteiger partial charge in [0.1, 0.15) is 0 Å². The first-order valence-corrected chi connectivity index (χ1v) is 4.96. The Morgan fingerprint density at radius 2 is 2.21 bits per heavy atom. The van der Waals surface area contributed by atoms with Gasteiger partial charge in [-0.25, -0.2) is 4.98 Å². The second-order valence-corrected chi connectivity index (χ2v) is 4.93. The van der Waals surface area contributed by atoms with E-state index in [0.717, 1.165) is 19.6 Å². The largest absolute Gasteiger partial charge is 0.331 e. The summed E-state index contributed by atoms with van der Waals surface area (Å²) in [6, 6.07) is 0. The van der Waals surface area contributed by atoms with Gasteiger partial charge in [0.25, 0.3) is 0 Å². The summed E-state index contributed by atoms with van der Waals surface area (Å²) in [5, 5.41) is 0. The minimum atomic E-state index is -0.171. The van der Waals surface area contributed by atoms with E-state index in [2.05, 4.69) is 21.5 Å². The molecule has 2 rings (SSSR count). The quantitative estimate of drug-likeness (QED) is 0.748. The molecule has 0 fully saturated rings. The Labute approximate surface area is 84.7 Å². The van der Waals surface area contributed by atoms with Crippen molar-refractivity contribution in [2.75, 3.05) is 7.05 Å². The van der Waals surface area contributed by atoms with Crippen LogP contribution < -0.4 is 5.73 Å². The molecule has 1 aliphatic rings. The zero-order valence-corrected chi connectivity index (χ0v) is 9.12. The Bertz CT molecular complexity index is 334. The van der Waals surface area contributed by atoms with Gasteiger partial charge in [-0.05, 0) is 20.9 Å². The van der Waals surface area contributed by atoms with Gasteiger partial charge in [0, 0.05) is 25.2 Å². The van der Waals surface area contributed by atoms with Crippen molar-refractivity contribution >= 4 is 0 Å². The van der Waals surface area contributed by atoms with Crippen LogP contribution in [0.4, 0.5) is 0 Å². The van der Waals surface area contributed by atoms with Crippen molar-refractivity contribution in [3.8, 4) is 0 Å². The lowest BCUT2D eigenvalue weighted by molar-refractivity contribution is 0.336. The molecule has 0 spiro atoms. The Morgan fingerprint density at radius 1 is 1.50 bits per heavy atom. The highest BCUT2D eigenvalue weighted by molar-refractivity contribution is 5.17. The standard InChI is InChI=1S/C10H18N4/c1-10(2,11)6-14-7-12-8-4-13(3)5-9(8)14/h7H,4-6,11H2,1-3H3. The number of aromatic nitrogens is 2. The van der Waals surface area contributed by atoms with Crippen LogP contribution in [0.25, 0.3) is 0 Å². The molecule has 4 heteroatoms. The van der Waals surface area contributed by atoms with E-state index < -0.39 is 0 Å². The van der Waals surface area contributed by atoms with Gasteiger partial charge in [0.15, 0.2) is 0 Å². The van der Waals surface area contributed by atoms with Crippen molar-refractivity contribution in [1.29, 1.82) is 0 Å². The van der Waals surface area contributed by atoms with Gasteiger partial charge in [0.2, 0.25) is 0 Å². The van der Waals surface area contributed by atoms with E-state index in [1.165, 1.54) is 11.4 Å². The molecule has 0 aliphatic carbocycles. The zero-order chi connectivity index (χ0) is 10.3. The van der Waals surface area contributed by atoms with Crippen LogP contribution in [0.3, 0.4) is 0 Å². The van der Waals surface area contributed by atoms with Crippen LogP contribution in [0.5, 0.6) is 0 Å². The number of hydrogen-bond donors (Lipinski definition) is 1. The predicted molar refractivity (Wildman–Crippen MR) is 55.7 cm³/mol.